The molecule has 2 saturated heterocycles. The van der Waals surface area contributed by atoms with Crippen molar-refractivity contribution in [3.05, 3.63) is 24.3 Å². The van der Waals surface area contributed by atoms with Gasteiger partial charge in [-0.15, -0.1) is 0 Å². The second kappa shape index (κ2) is 35.8. The van der Waals surface area contributed by atoms with E-state index in [9.17, 15) is 40.5 Å². The van der Waals surface area contributed by atoms with Gasteiger partial charge >= 0.3 is 5.97 Å². The Hall–Kier alpha value is -1.53. The predicted octanol–water partition coefficient (Wildman–Crippen LogP) is 6.07. The van der Waals surface area contributed by atoms with Gasteiger partial charge in [0.05, 0.1) is 26.4 Å². The van der Waals surface area contributed by atoms with E-state index in [4.69, 9.17) is 28.4 Å². The first kappa shape index (κ1) is 55.6. The molecule has 0 aromatic rings. The van der Waals surface area contributed by atoms with Gasteiger partial charge in [-0.1, -0.05) is 122 Å². The smallest absolute Gasteiger partial charge is 0.306 e. The fourth-order valence-electron chi connectivity index (χ4n) is 7.45. The molecule has 2 heterocycles. The molecule has 2 aliphatic heterocycles. The minimum Gasteiger partial charge on any atom is -0.457 e. The maximum atomic E-state index is 12.9. The van der Waals surface area contributed by atoms with Crippen LogP contribution in [0, 0.1) is 0 Å². The number of hydrogen-bond acceptors (Lipinski definition) is 14. The molecule has 0 saturated carbocycles. The quantitative estimate of drug-likeness (QED) is 0.0215. The van der Waals surface area contributed by atoms with E-state index >= 15 is 0 Å². The van der Waals surface area contributed by atoms with Gasteiger partial charge in [0.25, 0.3) is 0 Å². The van der Waals surface area contributed by atoms with Crippen LogP contribution in [0.25, 0.3) is 0 Å². The lowest BCUT2D eigenvalue weighted by molar-refractivity contribution is -0.332. The summed E-state index contributed by atoms with van der Waals surface area (Å²) in [6, 6.07) is 0. The number of aliphatic hydroxyl groups excluding tert-OH is 7. The highest BCUT2D eigenvalue weighted by Gasteiger charge is 2.47. The van der Waals surface area contributed by atoms with Crippen molar-refractivity contribution in [1.29, 1.82) is 0 Å². The summed E-state index contributed by atoms with van der Waals surface area (Å²) < 4.78 is 34.2. The Morgan fingerprint density at radius 3 is 1.52 bits per heavy atom. The van der Waals surface area contributed by atoms with Crippen molar-refractivity contribution >= 4 is 5.97 Å². The molecule has 7 N–H and O–H groups in total. The Labute approximate surface area is 367 Å². The number of unbranched alkanes of at least 4 members (excludes halogenated alkanes) is 19. The van der Waals surface area contributed by atoms with E-state index in [1.165, 1.54) is 77.0 Å². The van der Waals surface area contributed by atoms with Crippen molar-refractivity contribution in [2.24, 2.45) is 0 Å². The molecule has 2 aliphatic rings. The third-order valence-electron chi connectivity index (χ3n) is 11.4. The summed E-state index contributed by atoms with van der Waals surface area (Å²) >= 11 is 0. The van der Waals surface area contributed by atoms with Crippen LogP contribution in [0.4, 0.5) is 0 Å². The lowest BCUT2D eigenvalue weighted by atomic mass is 9.98. The molecular weight excluding hydrogens is 789 g/mol. The topological polar surface area (TPSA) is 214 Å². The number of hydrogen-bond donors (Lipinski definition) is 7. The molecule has 0 spiro atoms. The largest absolute Gasteiger partial charge is 0.457 e. The van der Waals surface area contributed by atoms with Crippen LogP contribution < -0.4 is 0 Å². The van der Waals surface area contributed by atoms with E-state index < -0.39 is 80.7 Å². The summed E-state index contributed by atoms with van der Waals surface area (Å²) in [5.41, 5.74) is 0. The van der Waals surface area contributed by atoms with Crippen molar-refractivity contribution < 1.29 is 69.0 Å². The maximum absolute atomic E-state index is 12.9. The summed E-state index contributed by atoms with van der Waals surface area (Å²) in [6.07, 6.45) is 19.5. The minimum atomic E-state index is -1.71. The standard InChI is InChI=1S/C47H86O14/c1-3-5-7-9-11-13-15-17-18-20-22-24-26-28-30-39(49)59-36(33-56-31-29-27-25-23-21-19-16-14-12-10-8-6-4-2)34-57-46-45(55)43(53)41(51)38(61-46)35-58-47-44(54)42(52)40(50)37(32-48)60-47/h12,14-15,17,36-38,40-48,50-55H,3-11,13,16,18-35H2,1-2H3/b14-12-,17-15-. The molecule has 0 bridgehead atoms. The molecule has 2 rings (SSSR count). The van der Waals surface area contributed by atoms with Gasteiger partial charge in [0, 0.05) is 13.0 Å². The molecule has 0 radical (unpaired) electrons. The van der Waals surface area contributed by atoms with Crippen LogP contribution in [-0.4, -0.2) is 142 Å². The van der Waals surface area contributed by atoms with E-state index in [2.05, 4.69) is 38.2 Å². The van der Waals surface area contributed by atoms with Gasteiger partial charge in [-0.2, -0.15) is 0 Å². The van der Waals surface area contributed by atoms with Crippen LogP contribution in [0.1, 0.15) is 168 Å². The molecule has 11 unspecified atom stereocenters. The fourth-order valence-corrected chi connectivity index (χ4v) is 7.45. The zero-order valence-corrected chi connectivity index (χ0v) is 37.7. The van der Waals surface area contributed by atoms with Crippen molar-refractivity contribution in [3.8, 4) is 0 Å². The molecule has 11 atom stereocenters. The van der Waals surface area contributed by atoms with Gasteiger partial charge in [0.15, 0.2) is 12.6 Å². The van der Waals surface area contributed by atoms with E-state index in [0.29, 0.717) is 13.0 Å². The Morgan fingerprint density at radius 2 is 0.967 bits per heavy atom. The third-order valence-corrected chi connectivity index (χ3v) is 11.4. The van der Waals surface area contributed by atoms with Crippen molar-refractivity contribution in [2.45, 2.75) is 235 Å². The van der Waals surface area contributed by atoms with E-state index in [1.54, 1.807) is 0 Å². The van der Waals surface area contributed by atoms with Gasteiger partial charge < -0.3 is 64.2 Å². The number of carbonyl (C=O) groups is 1. The summed E-state index contributed by atoms with van der Waals surface area (Å²) in [5.74, 6) is -0.388. The maximum Gasteiger partial charge on any atom is 0.306 e. The Morgan fingerprint density at radius 1 is 0.525 bits per heavy atom. The molecule has 0 aliphatic carbocycles. The number of rotatable bonds is 37. The first-order valence-electron chi connectivity index (χ1n) is 23.9. The lowest BCUT2D eigenvalue weighted by Crippen LogP contribution is -2.61. The van der Waals surface area contributed by atoms with Gasteiger partial charge in [0.2, 0.25) is 0 Å². The van der Waals surface area contributed by atoms with Crippen LogP contribution in [0.2, 0.25) is 0 Å². The monoisotopic (exact) mass is 875 g/mol. The molecule has 358 valence electrons. The molecule has 0 aromatic carbocycles. The second-order valence-corrected chi connectivity index (χ2v) is 16.9. The molecule has 61 heavy (non-hydrogen) atoms. The Bertz CT molecular complexity index is 1110. The first-order valence-corrected chi connectivity index (χ1v) is 23.9. The van der Waals surface area contributed by atoms with Gasteiger partial charge in [-0.25, -0.2) is 0 Å². The van der Waals surface area contributed by atoms with Crippen LogP contribution in [-0.2, 0) is 33.2 Å². The highest BCUT2D eigenvalue weighted by Crippen LogP contribution is 2.26. The van der Waals surface area contributed by atoms with E-state index in [0.717, 1.165) is 64.2 Å². The zero-order valence-electron chi connectivity index (χ0n) is 37.7. The zero-order chi connectivity index (χ0) is 44.5. The number of allylic oxidation sites excluding steroid dienone is 4. The van der Waals surface area contributed by atoms with E-state index in [1.807, 2.05) is 0 Å². The summed E-state index contributed by atoms with van der Waals surface area (Å²) in [5, 5.41) is 71.9. The van der Waals surface area contributed by atoms with Gasteiger partial charge in [-0.05, 0) is 64.2 Å². The highest BCUT2D eigenvalue weighted by atomic mass is 16.7. The highest BCUT2D eigenvalue weighted by molar-refractivity contribution is 5.69. The summed E-state index contributed by atoms with van der Waals surface area (Å²) in [7, 11) is 0. The van der Waals surface area contributed by atoms with Crippen LogP contribution in [0.3, 0.4) is 0 Å². The van der Waals surface area contributed by atoms with E-state index in [-0.39, 0.29) is 25.6 Å². The fraction of sp³-hybridized carbons (Fsp3) is 0.894. The Kier molecular flexibility index (Phi) is 32.6. The summed E-state index contributed by atoms with van der Waals surface area (Å²) in [6.45, 7) is 3.62. The van der Waals surface area contributed by atoms with Gasteiger partial charge in [-0.3, -0.25) is 4.79 Å². The lowest BCUT2D eigenvalue weighted by Gasteiger charge is -2.42. The van der Waals surface area contributed by atoms with Crippen LogP contribution in [0.15, 0.2) is 24.3 Å². The number of carbonyl (C=O) groups excluding carboxylic acids is 1. The minimum absolute atomic E-state index is 0.0558. The van der Waals surface area contributed by atoms with Crippen LogP contribution >= 0.6 is 0 Å². The summed E-state index contributed by atoms with van der Waals surface area (Å²) in [4.78, 5) is 12.9. The molecule has 14 nitrogen and oxygen atoms in total. The van der Waals surface area contributed by atoms with Crippen molar-refractivity contribution in [2.75, 3.05) is 33.0 Å². The van der Waals surface area contributed by atoms with Crippen molar-refractivity contribution in [1.82, 2.24) is 0 Å². The molecule has 0 aromatic heterocycles. The molecule has 2 fully saturated rings. The average Bonchev–Trinajstić information content (AvgIpc) is 3.25. The SMILES string of the molecule is CCCCC/C=C\CCCCCCCCOCC(COC1OC(COC2OC(CO)C(O)C(O)C2O)C(O)C(O)C1O)OC(=O)CCCCCCC/C=C\CCCCCCC. The normalized spacial score (nSPS) is 27.6. The average molecular weight is 875 g/mol. The Balaban J connectivity index is 1.81. The second-order valence-electron chi connectivity index (χ2n) is 16.9. The van der Waals surface area contributed by atoms with Crippen LogP contribution in [0.5, 0.6) is 0 Å². The third kappa shape index (κ3) is 24.4. The molecule has 14 heteroatoms. The number of ether oxygens (including phenoxy) is 6. The molecular formula is C47H86O14. The molecule has 0 amide bonds. The number of aliphatic hydroxyl groups is 7. The number of esters is 1. The van der Waals surface area contributed by atoms with Gasteiger partial charge in [0.1, 0.15) is 54.9 Å². The predicted molar refractivity (Wildman–Crippen MR) is 233 cm³/mol. The van der Waals surface area contributed by atoms with Crippen molar-refractivity contribution in [3.63, 3.8) is 0 Å². The first-order chi connectivity index (χ1) is 29.6.